The van der Waals surface area contributed by atoms with Gasteiger partial charge in [-0.2, -0.15) is 0 Å². The second-order valence-electron chi connectivity index (χ2n) is 12.3. The summed E-state index contributed by atoms with van der Waals surface area (Å²) in [6.45, 7) is 28.5. The molecule has 0 N–H and O–H groups in total. The van der Waals surface area contributed by atoms with Gasteiger partial charge < -0.3 is 4.43 Å². The van der Waals surface area contributed by atoms with E-state index >= 15 is 0 Å². The second-order valence-corrected chi connectivity index (χ2v) is 17.1. The predicted molar refractivity (Wildman–Crippen MR) is 141 cm³/mol. The topological polar surface area (TPSA) is 9.23 Å². The molecule has 0 amide bonds. The van der Waals surface area contributed by atoms with Crippen molar-refractivity contribution in [2.75, 3.05) is 6.61 Å². The van der Waals surface area contributed by atoms with Crippen LogP contribution in [-0.2, 0) is 4.43 Å². The Morgan fingerprint density at radius 1 is 1.00 bits per heavy atom. The molecule has 2 heteroatoms. The van der Waals surface area contributed by atoms with Crippen LogP contribution in [0.25, 0.3) is 0 Å². The van der Waals surface area contributed by atoms with Gasteiger partial charge in [0.25, 0.3) is 0 Å². The molecule has 0 aromatic rings. The van der Waals surface area contributed by atoms with Gasteiger partial charge in [-0.3, -0.25) is 0 Å². The molecule has 0 aliphatic heterocycles. The molecular formula is C28H56OSi. The summed E-state index contributed by atoms with van der Waals surface area (Å²) >= 11 is 0. The van der Waals surface area contributed by atoms with Crippen molar-refractivity contribution >= 4 is 8.32 Å². The fourth-order valence-corrected chi connectivity index (χ4v) is 5.39. The molecule has 0 aromatic heterocycles. The lowest BCUT2D eigenvalue weighted by Gasteiger charge is -2.36. The molecule has 0 rings (SSSR count). The number of rotatable bonds is 16. The molecule has 0 saturated carbocycles. The molecule has 0 radical (unpaired) electrons. The van der Waals surface area contributed by atoms with Crippen LogP contribution in [0.15, 0.2) is 24.3 Å². The predicted octanol–water partition coefficient (Wildman–Crippen LogP) is 9.95. The highest BCUT2D eigenvalue weighted by molar-refractivity contribution is 6.74. The average Bonchev–Trinajstić information content (AvgIpc) is 2.57. The van der Waals surface area contributed by atoms with E-state index < -0.39 is 8.32 Å². The van der Waals surface area contributed by atoms with Crippen molar-refractivity contribution in [1.82, 2.24) is 0 Å². The summed E-state index contributed by atoms with van der Waals surface area (Å²) < 4.78 is 6.38. The summed E-state index contributed by atoms with van der Waals surface area (Å²) in [4.78, 5) is 0. The number of unbranched alkanes of at least 4 members (excludes halogenated alkanes) is 1. The normalized spacial score (nSPS) is 15.9. The standard InChI is InChI=1S/C28H56OSi/c1-12-13-14-17-24(2)18-15-19-25(3)22-26(4)23-28(8,9)20-16-21-29-30(10,11)27(5,6)7/h12,17,25-26H,1,13-16,18-23H2,2-11H3. The van der Waals surface area contributed by atoms with Crippen LogP contribution in [-0.4, -0.2) is 14.9 Å². The van der Waals surface area contributed by atoms with Gasteiger partial charge in [-0.25, -0.2) is 0 Å². The number of allylic oxidation sites excluding steroid dienone is 3. The Bertz CT molecular complexity index is 495. The van der Waals surface area contributed by atoms with Gasteiger partial charge in [0.1, 0.15) is 0 Å². The first kappa shape index (κ1) is 29.7. The molecule has 178 valence electrons. The van der Waals surface area contributed by atoms with Crippen molar-refractivity contribution in [3.05, 3.63) is 24.3 Å². The zero-order chi connectivity index (χ0) is 23.4. The van der Waals surface area contributed by atoms with Crippen LogP contribution in [0.5, 0.6) is 0 Å². The van der Waals surface area contributed by atoms with Crippen LogP contribution in [0.3, 0.4) is 0 Å². The smallest absolute Gasteiger partial charge is 0.191 e. The molecule has 0 bridgehead atoms. The van der Waals surface area contributed by atoms with Crippen LogP contribution in [0, 0.1) is 17.3 Å². The molecule has 0 heterocycles. The highest BCUT2D eigenvalue weighted by Gasteiger charge is 2.37. The lowest BCUT2D eigenvalue weighted by atomic mass is 9.77. The van der Waals surface area contributed by atoms with E-state index in [4.69, 9.17) is 4.43 Å². The molecule has 1 nitrogen and oxygen atoms in total. The Kier molecular flexibility index (Phi) is 13.8. The molecule has 2 atom stereocenters. The Morgan fingerprint density at radius 2 is 1.63 bits per heavy atom. The number of hydrogen-bond acceptors (Lipinski definition) is 1. The maximum atomic E-state index is 6.38. The van der Waals surface area contributed by atoms with Gasteiger partial charge in [-0.1, -0.05) is 72.6 Å². The van der Waals surface area contributed by atoms with Crippen LogP contribution in [0.1, 0.15) is 113 Å². The average molecular weight is 437 g/mol. The van der Waals surface area contributed by atoms with Gasteiger partial charge in [-0.05, 0) is 93.7 Å². The summed E-state index contributed by atoms with van der Waals surface area (Å²) in [5.74, 6) is 1.64. The molecule has 2 unspecified atom stereocenters. The van der Waals surface area contributed by atoms with Crippen LogP contribution < -0.4 is 0 Å². The summed E-state index contributed by atoms with van der Waals surface area (Å²) in [6.07, 6.45) is 15.8. The zero-order valence-corrected chi connectivity index (χ0v) is 23.5. The molecule has 0 aromatic carbocycles. The maximum Gasteiger partial charge on any atom is 0.191 e. The molecule has 0 aliphatic rings. The molecule has 30 heavy (non-hydrogen) atoms. The van der Waals surface area contributed by atoms with Gasteiger partial charge in [-0.15, -0.1) is 6.58 Å². The largest absolute Gasteiger partial charge is 0.417 e. The van der Waals surface area contributed by atoms with Crippen molar-refractivity contribution in [2.24, 2.45) is 17.3 Å². The van der Waals surface area contributed by atoms with Gasteiger partial charge in [0.15, 0.2) is 8.32 Å². The summed E-state index contributed by atoms with van der Waals surface area (Å²) in [7, 11) is -1.59. The maximum absolute atomic E-state index is 6.38. The Labute approximate surface area is 192 Å². The lowest BCUT2D eigenvalue weighted by Crippen LogP contribution is -2.41. The van der Waals surface area contributed by atoms with Crippen molar-refractivity contribution in [1.29, 1.82) is 0 Å². The first-order chi connectivity index (χ1) is 13.7. The zero-order valence-electron chi connectivity index (χ0n) is 22.5. The van der Waals surface area contributed by atoms with Gasteiger partial charge in [0, 0.05) is 6.61 Å². The van der Waals surface area contributed by atoms with E-state index in [9.17, 15) is 0 Å². The minimum Gasteiger partial charge on any atom is -0.417 e. The van der Waals surface area contributed by atoms with E-state index in [-0.39, 0.29) is 0 Å². The van der Waals surface area contributed by atoms with Crippen LogP contribution >= 0.6 is 0 Å². The number of hydrogen-bond donors (Lipinski definition) is 0. The van der Waals surface area contributed by atoms with Gasteiger partial charge >= 0.3 is 0 Å². The second kappa shape index (κ2) is 13.9. The Morgan fingerprint density at radius 3 is 2.20 bits per heavy atom. The van der Waals surface area contributed by atoms with E-state index in [1.807, 2.05) is 6.08 Å². The molecular weight excluding hydrogens is 380 g/mol. The van der Waals surface area contributed by atoms with Crippen molar-refractivity contribution in [2.45, 2.75) is 131 Å². The Hall–Kier alpha value is -0.343. The van der Waals surface area contributed by atoms with Crippen molar-refractivity contribution in [3.8, 4) is 0 Å². The summed E-state index contributed by atoms with van der Waals surface area (Å²) in [5, 5.41) is 0.313. The van der Waals surface area contributed by atoms with Crippen LogP contribution in [0.2, 0.25) is 18.1 Å². The lowest BCUT2D eigenvalue weighted by molar-refractivity contribution is 0.200. The van der Waals surface area contributed by atoms with E-state index in [1.54, 1.807) is 5.57 Å². The molecule has 0 fully saturated rings. The molecule has 0 saturated heterocycles. The first-order valence-corrected chi connectivity index (χ1v) is 15.5. The van der Waals surface area contributed by atoms with Gasteiger partial charge in [0.2, 0.25) is 0 Å². The monoisotopic (exact) mass is 436 g/mol. The fraction of sp³-hybridized carbons (Fsp3) is 0.857. The minimum absolute atomic E-state index is 0.313. The van der Waals surface area contributed by atoms with Gasteiger partial charge in [0.05, 0.1) is 0 Å². The highest BCUT2D eigenvalue weighted by atomic mass is 28.4. The van der Waals surface area contributed by atoms with Crippen molar-refractivity contribution in [3.63, 3.8) is 0 Å². The Balaban J connectivity index is 4.15. The fourth-order valence-electron chi connectivity index (χ4n) is 4.31. The molecule has 0 spiro atoms. The minimum atomic E-state index is -1.59. The van der Waals surface area contributed by atoms with Crippen LogP contribution in [0.4, 0.5) is 0 Å². The third-order valence-electron chi connectivity index (χ3n) is 7.10. The third kappa shape index (κ3) is 13.9. The quantitative estimate of drug-likeness (QED) is 0.133. The SMILES string of the molecule is C=CCCC=C(C)CCCC(C)CC(C)CC(C)(C)CCCO[Si](C)(C)C(C)(C)C. The first-order valence-electron chi connectivity index (χ1n) is 12.6. The van der Waals surface area contributed by atoms with E-state index in [0.29, 0.717) is 10.5 Å². The highest BCUT2D eigenvalue weighted by Crippen LogP contribution is 2.37. The summed E-state index contributed by atoms with van der Waals surface area (Å²) in [5.41, 5.74) is 1.97. The third-order valence-corrected chi connectivity index (χ3v) is 11.6. The molecule has 0 aliphatic carbocycles. The summed E-state index contributed by atoms with van der Waals surface area (Å²) in [6, 6.07) is 0. The van der Waals surface area contributed by atoms with E-state index in [2.05, 4.69) is 81.1 Å². The van der Waals surface area contributed by atoms with E-state index in [0.717, 1.165) is 31.3 Å². The van der Waals surface area contributed by atoms with E-state index in [1.165, 1.54) is 44.9 Å². The van der Waals surface area contributed by atoms with Crippen molar-refractivity contribution < 1.29 is 4.43 Å².